The maximum absolute atomic E-state index is 9.37. The zero-order valence-corrected chi connectivity index (χ0v) is 7.44. The van der Waals surface area contributed by atoms with Crippen molar-refractivity contribution in [1.82, 2.24) is 0 Å². The summed E-state index contributed by atoms with van der Waals surface area (Å²) in [7, 11) is 0. The number of fused-ring (bicyclic) bond motifs is 3. The Morgan fingerprint density at radius 3 is 3.14 bits per heavy atom. The number of rotatable bonds is 0. The van der Waals surface area contributed by atoms with Gasteiger partial charge in [-0.3, -0.25) is 9.98 Å². The Balaban J connectivity index is 2.24. The third-order valence-electron chi connectivity index (χ3n) is 2.42. The van der Waals surface area contributed by atoms with Gasteiger partial charge in [-0.2, -0.15) is 0 Å². The molecule has 0 atom stereocenters. The molecule has 2 heterocycles. The number of allylic oxidation sites excluding steroid dienone is 1. The van der Waals surface area contributed by atoms with Gasteiger partial charge in [0.05, 0.1) is 17.9 Å². The fourth-order valence-corrected chi connectivity index (χ4v) is 1.77. The standard InChI is InChI=1S/C11H8N2O/c14-7-1-2-10-9(5-7)8-3-4-12-6-11(8)13-10/h1-5,14H,6H2. The molecule has 0 bridgehead atoms. The second kappa shape index (κ2) is 2.54. The quantitative estimate of drug-likeness (QED) is 0.658. The number of aromatic hydroxyl groups is 1. The molecule has 0 radical (unpaired) electrons. The van der Waals surface area contributed by atoms with Gasteiger partial charge in [-0.15, -0.1) is 0 Å². The lowest BCUT2D eigenvalue weighted by atomic mass is 10.0. The summed E-state index contributed by atoms with van der Waals surface area (Å²) in [5, 5.41) is 9.37. The summed E-state index contributed by atoms with van der Waals surface area (Å²) in [5.41, 5.74) is 4.01. The van der Waals surface area contributed by atoms with Crippen LogP contribution < -0.4 is 0 Å². The molecule has 2 aliphatic rings. The van der Waals surface area contributed by atoms with Gasteiger partial charge in [-0.1, -0.05) is 0 Å². The number of hydrogen-bond acceptors (Lipinski definition) is 3. The van der Waals surface area contributed by atoms with Crippen LogP contribution in [0.15, 0.2) is 34.3 Å². The van der Waals surface area contributed by atoms with Gasteiger partial charge in [0.15, 0.2) is 0 Å². The lowest BCUT2D eigenvalue weighted by Crippen LogP contribution is -2.05. The van der Waals surface area contributed by atoms with E-state index in [1.807, 2.05) is 12.1 Å². The van der Waals surface area contributed by atoms with Crippen LogP contribution in [0.2, 0.25) is 0 Å². The third-order valence-corrected chi connectivity index (χ3v) is 2.42. The molecule has 0 saturated heterocycles. The minimum absolute atomic E-state index is 0.281. The molecule has 14 heavy (non-hydrogen) atoms. The lowest BCUT2D eigenvalue weighted by Gasteiger charge is -2.05. The SMILES string of the molecule is Oc1ccc2c(c1)C1=CC=NCC1=N2. The van der Waals surface area contributed by atoms with Crippen molar-refractivity contribution in [2.75, 3.05) is 6.54 Å². The van der Waals surface area contributed by atoms with Crippen molar-refractivity contribution >= 4 is 23.2 Å². The predicted molar refractivity (Wildman–Crippen MR) is 56.5 cm³/mol. The van der Waals surface area contributed by atoms with Crippen LogP contribution in [0.1, 0.15) is 5.56 Å². The first-order valence-corrected chi connectivity index (χ1v) is 4.46. The normalized spacial score (nSPS) is 17.1. The molecule has 1 N–H and O–H groups in total. The Hall–Kier alpha value is -1.90. The van der Waals surface area contributed by atoms with E-state index in [9.17, 15) is 5.11 Å². The Kier molecular flexibility index (Phi) is 1.36. The molecule has 0 unspecified atom stereocenters. The minimum Gasteiger partial charge on any atom is -0.508 e. The van der Waals surface area contributed by atoms with Crippen molar-refractivity contribution in [2.24, 2.45) is 9.98 Å². The van der Waals surface area contributed by atoms with E-state index in [0.717, 1.165) is 22.5 Å². The van der Waals surface area contributed by atoms with Crippen molar-refractivity contribution in [3.63, 3.8) is 0 Å². The molecule has 68 valence electrons. The molecule has 3 heteroatoms. The smallest absolute Gasteiger partial charge is 0.116 e. The molecule has 0 spiro atoms. The fourth-order valence-electron chi connectivity index (χ4n) is 1.77. The van der Waals surface area contributed by atoms with Gasteiger partial charge in [0.2, 0.25) is 0 Å². The molecule has 0 saturated carbocycles. The summed E-state index contributed by atoms with van der Waals surface area (Å²) < 4.78 is 0. The fraction of sp³-hybridized carbons (Fsp3) is 0.0909. The number of dihydropyridines is 1. The van der Waals surface area contributed by atoms with Crippen molar-refractivity contribution in [3.8, 4) is 5.75 Å². The van der Waals surface area contributed by atoms with E-state index in [0.29, 0.717) is 6.54 Å². The molecule has 0 aliphatic carbocycles. The molecule has 0 amide bonds. The topological polar surface area (TPSA) is 45.0 Å². The van der Waals surface area contributed by atoms with Gasteiger partial charge < -0.3 is 5.11 Å². The highest BCUT2D eigenvalue weighted by molar-refractivity contribution is 6.33. The minimum atomic E-state index is 0.281. The maximum atomic E-state index is 9.37. The summed E-state index contributed by atoms with van der Waals surface area (Å²) in [6, 6.07) is 5.23. The zero-order chi connectivity index (χ0) is 9.54. The Morgan fingerprint density at radius 1 is 1.29 bits per heavy atom. The number of hydrogen-bond donors (Lipinski definition) is 1. The zero-order valence-electron chi connectivity index (χ0n) is 7.44. The second-order valence-electron chi connectivity index (χ2n) is 3.33. The van der Waals surface area contributed by atoms with Crippen LogP contribution in [-0.4, -0.2) is 23.6 Å². The van der Waals surface area contributed by atoms with Crippen LogP contribution >= 0.6 is 0 Å². The number of benzene rings is 1. The Morgan fingerprint density at radius 2 is 2.21 bits per heavy atom. The van der Waals surface area contributed by atoms with Crippen LogP contribution in [0.4, 0.5) is 5.69 Å². The van der Waals surface area contributed by atoms with E-state index in [-0.39, 0.29) is 5.75 Å². The van der Waals surface area contributed by atoms with E-state index in [1.165, 1.54) is 0 Å². The summed E-state index contributed by atoms with van der Waals surface area (Å²) in [5.74, 6) is 0.281. The van der Waals surface area contributed by atoms with Crippen LogP contribution in [0.3, 0.4) is 0 Å². The van der Waals surface area contributed by atoms with Crippen molar-refractivity contribution in [1.29, 1.82) is 0 Å². The van der Waals surface area contributed by atoms with Crippen molar-refractivity contribution in [3.05, 3.63) is 29.8 Å². The Labute approximate surface area is 81.1 Å². The van der Waals surface area contributed by atoms with Crippen LogP contribution in [0, 0.1) is 0 Å². The first-order chi connectivity index (χ1) is 6.84. The number of phenolic OH excluding ortho intramolecular Hbond substituents is 1. The number of aliphatic imine (C=N–C) groups is 2. The maximum Gasteiger partial charge on any atom is 0.116 e. The average Bonchev–Trinajstić information content (AvgIpc) is 2.56. The second-order valence-corrected chi connectivity index (χ2v) is 3.33. The molecule has 1 aromatic rings. The average molecular weight is 184 g/mol. The summed E-state index contributed by atoms with van der Waals surface area (Å²) in [4.78, 5) is 8.57. The monoisotopic (exact) mass is 184 g/mol. The molecule has 3 nitrogen and oxygen atoms in total. The molecule has 0 fully saturated rings. The third kappa shape index (κ3) is 0.923. The number of phenols is 1. The van der Waals surface area contributed by atoms with Crippen LogP contribution in [0.25, 0.3) is 5.57 Å². The lowest BCUT2D eigenvalue weighted by molar-refractivity contribution is 0.475. The van der Waals surface area contributed by atoms with Gasteiger partial charge in [-0.05, 0) is 24.3 Å². The first-order valence-electron chi connectivity index (χ1n) is 4.46. The van der Waals surface area contributed by atoms with Gasteiger partial charge >= 0.3 is 0 Å². The summed E-state index contributed by atoms with van der Waals surface area (Å²) in [6.07, 6.45) is 3.72. The van der Waals surface area contributed by atoms with Crippen LogP contribution in [-0.2, 0) is 0 Å². The van der Waals surface area contributed by atoms with E-state index < -0.39 is 0 Å². The summed E-state index contributed by atoms with van der Waals surface area (Å²) >= 11 is 0. The van der Waals surface area contributed by atoms with Gasteiger partial charge in [0.1, 0.15) is 5.75 Å². The first kappa shape index (κ1) is 7.50. The summed E-state index contributed by atoms with van der Waals surface area (Å²) in [6.45, 7) is 0.640. The molecule has 2 aliphatic heterocycles. The largest absolute Gasteiger partial charge is 0.508 e. The van der Waals surface area contributed by atoms with Crippen molar-refractivity contribution < 1.29 is 5.11 Å². The predicted octanol–water partition coefficient (Wildman–Crippen LogP) is 1.95. The molecule has 3 rings (SSSR count). The molecular weight excluding hydrogens is 176 g/mol. The van der Waals surface area contributed by atoms with Gasteiger partial charge in [-0.25, -0.2) is 0 Å². The highest BCUT2D eigenvalue weighted by Gasteiger charge is 2.21. The number of nitrogens with zero attached hydrogens (tertiary/aromatic N) is 2. The van der Waals surface area contributed by atoms with Gasteiger partial charge in [0, 0.05) is 17.4 Å². The molecule has 0 aromatic heterocycles. The molecule has 1 aromatic carbocycles. The van der Waals surface area contributed by atoms with E-state index >= 15 is 0 Å². The van der Waals surface area contributed by atoms with E-state index in [1.54, 1.807) is 18.3 Å². The van der Waals surface area contributed by atoms with E-state index in [4.69, 9.17) is 0 Å². The van der Waals surface area contributed by atoms with E-state index in [2.05, 4.69) is 9.98 Å². The molecular formula is C11H8N2O. The highest BCUT2D eigenvalue weighted by Crippen LogP contribution is 2.37. The van der Waals surface area contributed by atoms with Gasteiger partial charge in [0.25, 0.3) is 0 Å². The Bertz CT molecular complexity index is 498. The van der Waals surface area contributed by atoms with Crippen molar-refractivity contribution in [2.45, 2.75) is 0 Å². The van der Waals surface area contributed by atoms with Crippen LogP contribution in [0.5, 0.6) is 5.75 Å². The highest BCUT2D eigenvalue weighted by atomic mass is 16.3.